The van der Waals surface area contributed by atoms with Crippen LogP contribution in [-0.4, -0.2) is 23.2 Å². The summed E-state index contributed by atoms with van der Waals surface area (Å²) in [5, 5.41) is 16.8. The van der Waals surface area contributed by atoms with Crippen LogP contribution in [0.3, 0.4) is 0 Å². The molecule has 0 aliphatic carbocycles. The zero-order valence-electron chi connectivity index (χ0n) is 11.2. The van der Waals surface area contributed by atoms with Gasteiger partial charge in [-0.15, -0.1) is 0 Å². The number of phenolic OH excluding ortho intramolecular Hbond substituents is 1. The molecule has 0 saturated heterocycles. The van der Waals surface area contributed by atoms with E-state index >= 15 is 0 Å². The fourth-order valence-corrected chi connectivity index (χ4v) is 4.69. The number of hydrogen-bond donors (Lipinski definition) is 4. The van der Waals surface area contributed by atoms with E-state index in [9.17, 15) is 5.11 Å². The Kier molecular flexibility index (Phi) is 4.16. The third kappa shape index (κ3) is 2.79. The van der Waals surface area contributed by atoms with E-state index in [1.165, 1.54) is 16.2 Å². The van der Waals surface area contributed by atoms with Crippen LogP contribution in [0.2, 0.25) is 0 Å². The van der Waals surface area contributed by atoms with Crippen LogP contribution in [0.15, 0.2) is 22.7 Å². The molecule has 1 aromatic carbocycles. The minimum absolute atomic E-state index is 0.0101. The molecule has 0 bridgehead atoms. The van der Waals surface area contributed by atoms with Gasteiger partial charge in [-0.1, -0.05) is 17.8 Å². The van der Waals surface area contributed by atoms with Crippen LogP contribution in [0.4, 0.5) is 0 Å². The zero-order chi connectivity index (χ0) is 14.3. The van der Waals surface area contributed by atoms with Crippen molar-refractivity contribution in [1.82, 2.24) is 10.6 Å². The Balaban J connectivity index is 1.83. The lowest BCUT2D eigenvalue weighted by atomic mass is 9.99. The fourth-order valence-electron chi connectivity index (χ4n) is 2.76. The molecule has 0 amide bonds. The minimum Gasteiger partial charge on any atom is -0.507 e. The number of halogens is 1. The molecule has 2 aliphatic rings. The lowest BCUT2D eigenvalue weighted by molar-refractivity contribution is 0.466. The second-order valence-corrected chi connectivity index (χ2v) is 7.58. The van der Waals surface area contributed by atoms with Crippen LogP contribution in [-0.2, 0) is 6.42 Å². The molecule has 2 aliphatic heterocycles. The van der Waals surface area contributed by atoms with Gasteiger partial charge >= 0.3 is 0 Å². The molecule has 2 atom stereocenters. The minimum atomic E-state index is -0.0101. The summed E-state index contributed by atoms with van der Waals surface area (Å²) in [7, 11) is 0. The van der Waals surface area contributed by atoms with Crippen LogP contribution >= 0.6 is 34.4 Å². The number of thioether (sulfide) groups is 1. The Hall–Kier alpha value is -0.440. The molecule has 0 saturated carbocycles. The van der Waals surface area contributed by atoms with Gasteiger partial charge in [0.1, 0.15) is 11.2 Å². The van der Waals surface area contributed by atoms with E-state index < -0.39 is 0 Å². The van der Waals surface area contributed by atoms with Crippen molar-refractivity contribution in [1.29, 1.82) is 0 Å². The summed E-state index contributed by atoms with van der Waals surface area (Å²) < 4.78 is 0.913. The summed E-state index contributed by atoms with van der Waals surface area (Å²) >= 11 is 3.90. The molecule has 4 nitrogen and oxygen atoms in total. The maximum atomic E-state index is 9.86. The third-order valence-corrected chi connectivity index (χ3v) is 5.68. The van der Waals surface area contributed by atoms with E-state index in [2.05, 4.69) is 45.4 Å². The van der Waals surface area contributed by atoms with Gasteiger partial charge in [-0.3, -0.25) is 0 Å². The van der Waals surface area contributed by atoms with E-state index in [0.29, 0.717) is 11.8 Å². The summed E-state index contributed by atoms with van der Waals surface area (Å²) in [6, 6.07) is 4.46. The van der Waals surface area contributed by atoms with Crippen molar-refractivity contribution in [2.24, 2.45) is 5.73 Å². The second kappa shape index (κ2) is 5.75. The number of nitrogens with two attached hydrogens (primary N) is 1. The van der Waals surface area contributed by atoms with E-state index in [1.54, 1.807) is 11.8 Å². The normalized spacial score (nSPS) is 25.6. The number of rotatable bonds is 2. The SMILES string of the molecule is Cc1cc(CC2NCCC3=C2SC(N)N3)cc(I)c1O. The Morgan fingerprint density at radius 2 is 2.30 bits per heavy atom. The number of aromatic hydroxyl groups is 1. The van der Waals surface area contributed by atoms with Crippen molar-refractivity contribution in [3.63, 3.8) is 0 Å². The van der Waals surface area contributed by atoms with E-state index in [1.807, 2.05) is 6.92 Å². The summed E-state index contributed by atoms with van der Waals surface area (Å²) in [6.07, 6.45) is 1.95. The zero-order valence-corrected chi connectivity index (χ0v) is 14.2. The highest BCUT2D eigenvalue weighted by Gasteiger charge is 2.30. The molecule has 1 aromatic rings. The van der Waals surface area contributed by atoms with Crippen LogP contribution in [0, 0.1) is 10.5 Å². The molecule has 3 rings (SSSR count). The number of aryl methyl sites for hydroxylation is 1. The van der Waals surface area contributed by atoms with Gasteiger partial charge in [-0.2, -0.15) is 0 Å². The van der Waals surface area contributed by atoms with Gasteiger partial charge in [0.05, 0.1) is 3.57 Å². The Morgan fingerprint density at radius 3 is 3.05 bits per heavy atom. The maximum Gasteiger partial charge on any atom is 0.131 e. The van der Waals surface area contributed by atoms with Crippen LogP contribution in [0.5, 0.6) is 5.75 Å². The lowest BCUT2D eigenvalue weighted by Gasteiger charge is -2.25. The quantitative estimate of drug-likeness (QED) is 0.569. The molecule has 2 heterocycles. The first-order valence-electron chi connectivity index (χ1n) is 6.68. The van der Waals surface area contributed by atoms with Crippen LogP contribution < -0.4 is 16.4 Å². The largest absolute Gasteiger partial charge is 0.507 e. The second-order valence-electron chi connectivity index (χ2n) is 5.23. The highest BCUT2D eigenvalue weighted by Crippen LogP contribution is 2.36. The highest BCUT2D eigenvalue weighted by molar-refractivity contribution is 14.1. The summed E-state index contributed by atoms with van der Waals surface area (Å²) in [4.78, 5) is 1.35. The summed E-state index contributed by atoms with van der Waals surface area (Å²) in [5.41, 5.74) is 9.44. The van der Waals surface area contributed by atoms with Gasteiger partial charge in [-0.25, -0.2) is 0 Å². The molecule has 2 unspecified atom stereocenters. The number of nitrogens with one attached hydrogen (secondary N) is 2. The first-order valence-corrected chi connectivity index (χ1v) is 8.63. The van der Waals surface area contributed by atoms with Crippen molar-refractivity contribution in [2.45, 2.75) is 31.3 Å². The lowest BCUT2D eigenvalue weighted by Crippen LogP contribution is -2.38. The van der Waals surface area contributed by atoms with Gasteiger partial charge in [0.15, 0.2) is 0 Å². The predicted molar refractivity (Wildman–Crippen MR) is 91.4 cm³/mol. The average Bonchev–Trinajstić information content (AvgIpc) is 2.77. The molecule has 20 heavy (non-hydrogen) atoms. The monoisotopic (exact) mass is 403 g/mol. The van der Waals surface area contributed by atoms with Gasteiger partial charge in [0.2, 0.25) is 0 Å². The van der Waals surface area contributed by atoms with Gasteiger partial charge in [-0.05, 0) is 53.1 Å². The van der Waals surface area contributed by atoms with Crippen molar-refractivity contribution in [2.75, 3.05) is 6.54 Å². The van der Waals surface area contributed by atoms with E-state index in [4.69, 9.17) is 5.73 Å². The fraction of sp³-hybridized carbons (Fsp3) is 0.429. The molecule has 0 fully saturated rings. The first-order chi connectivity index (χ1) is 9.54. The highest BCUT2D eigenvalue weighted by atomic mass is 127. The molecular formula is C14H18IN3OS. The molecule has 6 heteroatoms. The van der Waals surface area contributed by atoms with E-state index in [-0.39, 0.29) is 5.50 Å². The topological polar surface area (TPSA) is 70.3 Å². The first kappa shape index (κ1) is 14.5. The van der Waals surface area contributed by atoms with Crippen LogP contribution in [0.25, 0.3) is 0 Å². The Bertz CT molecular complexity index is 553. The predicted octanol–water partition coefficient (Wildman–Crippen LogP) is 2.00. The van der Waals surface area contributed by atoms with Gasteiger partial charge < -0.3 is 21.5 Å². The van der Waals surface area contributed by atoms with Crippen molar-refractivity contribution in [3.8, 4) is 5.75 Å². The Labute approximate surface area is 136 Å². The molecule has 108 valence electrons. The standard InChI is InChI=1S/C14H18IN3OS/c1-7-4-8(5-9(15)12(7)19)6-11-13-10(2-3-17-11)18-14(16)20-13/h4-5,11,14,17-19H,2-3,6,16H2,1H3. The molecule has 0 spiro atoms. The molecule has 0 radical (unpaired) electrons. The summed E-state index contributed by atoms with van der Waals surface area (Å²) in [5.74, 6) is 0.393. The molecular weight excluding hydrogens is 385 g/mol. The summed E-state index contributed by atoms with van der Waals surface area (Å²) in [6.45, 7) is 2.93. The number of benzene rings is 1. The van der Waals surface area contributed by atoms with Crippen molar-refractivity contribution in [3.05, 3.63) is 37.4 Å². The smallest absolute Gasteiger partial charge is 0.131 e. The number of hydrogen-bond acceptors (Lipinski definition) is 5. The maximum absolute atomic E-state index is 9.86. The average molecular weight is 403 g/mol. The van der Waals surface area contributed by atoms with Gasteiger partial charge in [0, 0.05) is 29.6 Å². The Morgan fingerprint density at radius 1 is 1.50 bits per heavy atom. The van der Waals surface area contributed by atoms with E-state index in [0.717, 1.165) is 28.5 Å². The van der Waals surface area contributed by atoms with Crippen LogP contribution in [0.1, 0.15) is 17.5 Å². The molecule has 5 N–H and O–H groups in total. The van der Waals surface area contributed by atoms with Crippen molar-refractivity contribution < 1.29 is 5.11 Å². The number of phenols is 1. The van der Waals surface area contributed by atoms with Gasteiger partial charge in [0.25, 0.3) is 0 Å². The van der Waals surface area contributed by atoms with Crippen molar-refractivity contribution >= 4 is 34.4 Å². The molecule has 0 aromatic heterocycles. The third-order valence-electron chi connectivity index (χ3n) is 3.70.